The summed E-state index contributed by atoms with van der Waals surface area (Å²) in [5.74, 6) is 0.690. The summed E-state index contributed by atoms with van der Waals surface area (Å²) in [5, 5.41) is 0.650. The number of benzene rings is 1. The largest absolute Gasteiger partial charge is 0.497 e. The SMILES string of the molecule is C=CCn1c(=O)/c(=C/CCCCCC)[nH]c(=O)/c1=C/c1cccc(OC)c1. The maximum Gasteiger partial charge on any atom is 0.274 e. The van der Waals surface area contributed by atoms with Gasteiger partial charge in [-0.15, -0.1) is 6.58 Å². The lowest BCUT2D eigenvalue weighted by Crippen LogP contribution is -2.53. The molecule has 5 nitrogen and oxygen atoms in total. The first-order valence-electron chi connectivity index (χ1n) is 9.40. The van der Waals surface area contributed by atoms with Crippen molar-refractivity contribution < 1.29 is 4.74 Å². The second kappa shape index (κ2) is 10.4. The van der Waals surface area contributed by atoms with Crippen molar-refractivity contribution in [1.29, 1.82) is 0 Å². The van der Waals surface area contributed by atoms with Gasteiger partial charge in [-0.1, -0.05) is 50.5 Å². The van der Waals surface area contributed by atoms with Gasteiger partial charge in [0.05, 0.1) is 7.11 Å². The summed E-state index contributed by atoms with van der Waals surface area (Å²) in [6.45, 7) is 6.14. The highest BCUT2D eigenvalue weighted by Gasteiger charge is 2.04. The number of nitrogens with zero attached hydrogens (tertiary/aromatic N) is 1. The predicted octanol–water partition coefficient (Wildman–Crippen LogP) is 2.31. The molecule has 1 heterocycles. The number of methoxy groups -OCH3 is 1. The van der Waals surface area contributed by atoms with Crippen molar-refractivity contribution in [2.45, 2.75) is 45.6 Å². The van der Waals surface area contributed by atoms with Crippen molar-refractivity contribution in [3.63, 3.8) is 0 Å². The molecule has 0 radical (unpaired) electrons. The van der Waals surface area contributed by atoms with Crippen LogP contribution in [0.5, 0.6) is 5.75 Å². The first-order valence-corrected chi connectivity index (χ1v) is 9.40. The van der Waals surface area contributed by atoms with E-state index in [9.17, 15) is 9.59 Å². The third-order valence-electron chi connectivity index (χ3n) is 4.36. The number of unbranched alkanes of at least 4 members (excludes halogenated alkanes) is 4. The van der Waals surface area contributed by atoms with Crippen LogP contribution >= 0.6 is 0 Å². The van der Waals surface area contributed by atoms with Gasteiger partial charge < -0.3 is 9.72 Å². The molecule has 1 aromatic carbocycles. The zero-order valence-electron chi connectivity index (χ0n) is 16.2. The fraction of sp³-hybridized carbons (Fsp3) is 0.364. The summed E-state index contributed by atoms with van der Waals surface area (Å²) >= 11 is 0. The molecule has 0 saturated carbocycles. The number of aromatic amines is 1. The van der Waals surface area contributed by atoms with Crippen molar-refractivity contribution in [1.82, 2.24) is 9.55 Å². The molecule has 5 heteroatoms. The third kappa shape index (κ3) is 5.58. The van der Waals surface area contributed by atoms with E-state index in [0.717, 1.165) is 31.2 Å². The highest BCUT2D eigenvalue weighted by atomic mass is 16.5. The van der Waals surface area contributed by atoms with Gasteiger partial charge in [-0.2, -0.15) is 0 Å². The molecule has 1 N–H and O–H groups in total. The van der Waals surface area contributed by atoms with Gasteiger partial charge >= 0.3 is 0 Å². The molecule has 0 saturated heterocycles. The Kier molecular flexibility index (Phi) is 7.86. The van der Waals surface area contributed by atoms with Crippen LogP contribution < -0.4 is 26.6 Å². The fourth-order valence-electron chi connectivity index (χ4n) is 2.92. The maximum absolute atomic E-state index is 12.8. The smallest absolute Gasteiger partial charge is 0.274 e. The summed E-state index contributed by atoms with van der Waals surface area (Å²) in [6.07, 6.45) is 10.4. The molecular weight excluding hydrogens is 340 g/mol. The van der Waals surface area contributed by atoms with Gasteiger partial charge in [0.2, 0.25) is 0 Å². The van der Waals surface area contributed by atoms with Gasteiger partial charge in [0.15, 0.2) is 0 Å². The first kappa shape index (κ1) is 20.5. The van der Waals surface area contributed by atoms with Crippen LogP contribution in [0.1, 0.15) is 44.6 Å². The maximum atomic E-state index is 12.8. The summed E-state index contributed by atoms with van der Waals surface area (Å²) < 4.78 is 6.68. The molecule has 0 aliphatic rings. The Morgan fingerprint density at radius 3 is 2.74 bits per heavy atom. The summed E-state index contributed by atoms with van der Waals surface area (Å²) in [5.41, 5.74) is 0.284. The topological polar surface area (TPSA) is 64.1 Å². The zero-order valence-corrected chi connectivity index (χ0v) is 16.2. The minimum absolute atomic E-state index is 0.209. The molecular formula is C22H28N2O3. The third-order valence-corrected chi connectivity index (χ3v) is 4.36. The molecule has 0 spiro atoms. The van der Waals surface area contributed by atoms with E-state index in [1.54, 1.807) is 19.3 Å². The van der Waals surface area contributed by atoms with E-state index in [2.05, 4.69) is 18.5 Å². The Morgan fingerprint density at radius 1 is 1.22 bits per heavy atom. The van der Waals surface area contributed by atoms with Gasteiger partial charge in [-0.25, -0.2) is 0 Å². The highest BCUT2D eigenvalue weighted by molar-refractivity contribution is 5.50. The fourth-order valence-corrected chi connectivity index (χ4v) is 2.92. The van der Waals surface area contributed by atoms with E-state index in [0.29, 0.717) is 16.4 Å². The van der Waals surface area contributed by atoms with E-state index in [1.807, 2.05) is 30.3 Å². The van der Waals surface area contributed by atoms with Crippen LogP contribution in [0.3, 0.4) is 0 Å². The standard InChI is InChI=1S/C22H28N2O3/c1-4-6-7-8-9-13-19-22(26)24(14-5-2)20(21(25)23-19)16-17-11-10-12-18(15-17)27-3/h5,10-13,15-16H,2,4,6-9,14H2,1,3H3,(H,23,25)/b19-13-,20-16-. The summed E-state index contributed by atoms with van der Waals surface area (Å²) in [7, 11) is 1.59. The van der Waals surface area contributed by atoms with Crippen molar-refractivity contribution in [3.8, 4) is 5.75 Å². The number of hydrogen-bond acceptors (Lipinski definition) is 3. The van der Waals surface area contributed by atoms with E-state index >= 15 is 0 Å². The molecule has 1 aromatic heterocycles. The number of nitrogens with one attached hydrogen (secondary N) is 1. The average Bonchev–Trinajstić information content (AvgIpc) is 2.68. The lowest BCUT2D eigenvalue weighted by molar-refractivity contribution is 0.414. The van der Waals surface area contributed by atoms with E-state index in [1.165, 1.54) is 11.0 Å². The van der Waals surface area contributed by atoms with Crippen LogP contribution in [0.2, 0.25) is 0 Å². The Morgan fingerprint density at radius 2 is 2.04 bits per heavy atom. The molecule has 0 fully saturated rings. The normalized spacial score (nSPS) is 12.4. The van der Waals surface area contributed by atoms with Crippen molar-refractivity contribution >= 4 is 12.2 Å². The molecule has 0 unspecified atom stereocenters. The van der Waals surface area contributed by atoms with Crippen LogP contribution in [-0.4, -0.2) is 16.7 Å². The Labute approximate surface area is 159 Å². The van der Waals surface area contributed by atoms with E-state index < -0.39 is 0 Å². The molecule has 0 bridgehead atoms. The Balaban J connectivity index is 2.52. The lowest BCUT2D eigenvalue weighted by Gasteiger charge is -2.05. The second-order valence-corrected chi connectivity index (χ2v) is 6.43. The first-order chi connectivity index (χ1) is 13.1. The summed E-state index contributed by atoms with van der Waals surface area (Å²) in [4.78, 5) is 28.2. The Hall–Kier alpha value is -2.82. The van der Waals surface area contributed by atoms with Crippen molar-refractivity contribution in [3.05, 3.63) is 73.9 Å². The van der Waals surface area contributed by atoms with Gasteiger partial charge in [-0.3, -0.25) is 14.2 Å². The predicted molar refractivity (Wildman–Crippen MR) is 111 cm³/mol. The lowest BCUT2D eigenvalue weighted by atomic mass is 10.1. The number of hydrogen-bond donors (Lipinski definition) is 1. The van der Waals surface area contributed by atoms with Crippen LogP contribution in [0.25, 0.3) is 12.2 Å². The average molecular weight is 368 g/mol. The number of ether oxygens (including phenoxy) is 1. The van der Waals surface area contributed by atoms with Crippen molar-refractivity contribution in [2.75, 3.05) is 7.11 Å². The number of H-pyrrole nitrogens is 1. The molecule has 27 heavy (non-hydrogen) atoms. The van der Waals surface area contributed by atoms with E-state index in [4.69, 9.17) is 4.74 Å². The number of aromatic nitrogens is 2. The number of rotatable bonds is 9. The van der Waals surface area contributed by atoms with Gasteiger partial charge in [0, 0.05) is 6.54 Å². The van der Waals surface area contributed by atoms with Gasteiger partial charge in [-0.05, 0) is 36.6 Å². The van der Waals surface area contributed by atoms with Gasteiger partial charge in [0.25, 0.3) is 11.1 Å². The van der Waals surface area contributed by atoms with E-state index in [-0.39, 0.29) is 17.7 Å². The number of allylic oxidation sites excluding steroid dienone is 1. The molecule has 0 amide bonds. The molecule has 144 valence electrons. The second-order valence-electron chi connectivity index (χ2n) is 6.43. The highest BCUT2D eigenvalue weighted by Crippen LogP contribution is 2.12. The van der Waals surface area contributed by atoms with Crippen LogP contribution in [0, 0.1) is 0 Å². The van der Waals surface area contributed by atoms with Crippen LogP contribution in [0.4, 0.5) is 0 Å². The molecule has 2 aromatic rings. The van der Waals surface area contributed by atoms with Crippen LogP contribution in [0.15, 0.2) is 46.5 Å². The minimum Gasteiger partial charge on any atom is -0.497 e. The molecule has 0 aliphatic carbocycles. The summed E-state index contributed by atoms with van der Waals surface area (Å²) in [6, 6.07) is 7.34. The van der Waals surface area contributed by atoms with Crippen molar-refractivity contribution in [2.24, 2.45) is 0 Å². The minimum atomic E-state index is -0.293. The molecule has 0 aliphatic heterocycles. The quantitative estimate of drug-likeness (QED) is 0.546. The molecule has 2 rings (SSSR count). The van der Waals surface area contributed by atoms with Gasteiger partial charge in [0.1, 0.15) is 16.4 Å². The Bertz CT molecular complexity index is 999. The monoisotopic (exact) mass is 368 g/mol. The van der Waals surface area contributed by atoms with Crippen LogP contribution in [-0.2, 0) is 6.54 Å². The zero-order chi connectivity index (χ0) is 19.6. The molecule has 0 atom stereocenters.